The van der Waals surface area contributed by atoms with Crippen LogP contribution in [0.3, 0.4) is 0 Å². The van der Waals surface area contributed by atoms with Crippen molar-refractivity contribution in [3.63, 3.8) is 0 Å². The fourth-order valence-corrected chi connectivity index (χ4v) is 3.11. The van der Waals surface area contributed by atoms with Crippen LogP contribution in [0, 0.1) is 0 Å². The van der Waals surface area contributed by atoms with Crippen LogP contribution >= 0.6 is 0 Å². The first kappa shape index (κ1) is 15.6. The first-order valence-corrected chi connectivity index (χ1v) is 8.52. The normalized spacial score (nSPS) is 21.0. The Labute approximate surface area is 149 Å². The zero-order valence-corrected chi connectivity index (χ0v) is 15.1. The van der Waals surface area contributed by atoms with Gasteiger partial charge in [-0.25, -0.2) is 0 Å². The molecule has 122 valence electrons. The molecule has 24 heavy (non-hydrogen) atoms. The maximum Gasteiger partial charge on any atom is 0.165 e. The predicted molar refractivity (Wildman–Crippen MR) is 90.0 cm³/mol. The second-order valence-electron chi connectivity index (χ2n) is 6.64. The van der Waals surface area contributed by atoms with Gasteiger partial charge in [0.2, 0.25) is 0 Å². The van der Waals surface area contributed by atoms with Gasteiger partial charge in [0, 0.05) is 24.7 Å². The van der Waals surface area contributed by atoms with Crippen LogP contribution in [0.15, 0.2) is 36.4 Å². The number of ether oxygens (including phenoxy) is 3. The summed E-state index contributed by atoms with van der Waals surface area (Å²) < 4.78 is 17.6. The molecule has 0 fully saturated rings. The molecular weight excluding hydrogens is 321 g/mol. The minimum absolute atomic E-state index is 0.158. The van der Waals surface area contributed by atoms with E-state index in [1.165, 1.54) is 0 Å². The van der Waals surface area contributed by atoms with Crippen molar-refractivity contribution in [3.8, 4) is 28.7 Å². The lowest BCUT2D eigenvalue weighted by Crippen LogP contribution is -2.38. The van der Waals surface area contributed by atoms with Crippen molar-refractivity contribution >= 4 is 16.3 Å². The summed E-state index contributed by atoms with van der Waals surface area (Å²) in [5.74, 6) is 3.67. The van der Waals surface area contributed by atoms with Crippen LogP contribution in [0.5, 0.6) is 28.7 Å². The molecule has 2 aliphatic heterocycles. The van der Waals surface area contributed by atoms with Crippen LogP contribution in [0.4, 0.5) is 0 Å². The van der Waals surface area contributed by atoms with Crippen LogP contribution < -0.4 is 19.0 Å². The molecule has 1 unspecified atom stereocenters. The maximum absolute atomic E-state index is 5.97. The lowest BCUT2D eigenvalue weighted by molar-refractivity contribution is -0.0195. The Balaban J connectivity index is 1.58. The minimum Gasteiger partial charge on any atom is -0.486 e. The average molecular weight is 339 g/mol. The number of rotatable bonds is 2. The number of fused-ring (bicyclic) bond motifs is 2. The molecule has 4 rings (SSSR count). The van der Waals surface area contributed by atoms with Gasteiger partial charge in [-0.3, -0.25) is 0 Å². The van der Waals surface area contributed by atoms with E-state index in [0.717, 1.165) is 22.8 Å². The Morgan fingerprint density at radius 3 is 2.58 bits per heavy atom. The van der Waals surface area contributed by atoms with Gasteiger partial charge in [-0.15, -0.1) is 0 Å². The molecule has 0 saturated carbocycles. The van der Waals surface area contributed by atoms with Crippen LogP contribution in [0.25, 0.3) is 0 Å². The van der Waals surface area contributed by atoms with Crippen LogP contribution in [-0.4, -0.2) is 40.6 Å². The van der Waals surface area contributed by atoms with Crippen molar-refractivity contribution in [1.82, 2.24) is 5.06 Å². The molecule has 2 aliphatic rings. The van der Waals surface area contributed by atoms with E-state index in [4.69, 9.17) is 19.0 Å². The first-order chi connectivity index (χ1) is 11.4. The number of hydroxylamine groups is 2. The van der Waals surface area contributed by atoms with E-state index in [1.54, 1.807) is 5.06 Å². The molecule has 2 aromatic rings. The van der Waals surface area contributed by atoms with E-state index in [0.29, 0.717) is 18.1 Å². The number of benzene rings is 2. The van der Waals surface area contributed by atoms with Gasteiger partial charge in [-0.2, -0.15) is 5.06 Å². The minimum atomic E-state index is -0.342. The van der Waals surface area contributed by atoms with Crippen LogP contribution in [0.2, 0.25) is 0 Å². The van der Waals surface area contributed by atoms with Gasteiger partial charge >= 0.3 is 0 Å². The van der Waals surface area contributed by atoms with E-state index in [1.807, 2.05) is 57.3 Å². The van der Waals surface area contributed by atoms with Gasteiger partial charge < -0.3 is 19.0 Å². The third-order valence-electron chi connectivity index (χ3n) is 4.05. The Kier molecular flexibility index (Phi) is 3.65. The summed E-state index contributed by atoms with van der Waals surface area (Å²) in [4.78, 5) is 5.86. The fourth-order valence-electron chi connectivity index (χ4n) is 2.78. The molecule has 2 aromatic carbocycles. The molecule has 2 heterocycles. The molecule has 0 saturated heterocycles. The van der Waals surface area contributed by atoms with Crippen molar-refractivity contribution in [2.75, 3.05) is 13.7 Å². The molecule has 0 amide bonds. The highest BCUT2D eigenvalue weighted by atomic mass is 27.0. The Bertz CT molecular complexity index is 793. The van der Waals surface area contributed by atoms with E-state index in [9.17, 15) is 0 Å². The second kappa shape index (κ2) is 5.59. The Morgan fingerprint density at radius 1 is 1.08 bits per heavy atom. The van der Waals surface area contributed by atoms with Gasteiger partial charge in [0.1, 0.15) is 23.7 Å². The lowest BCUT2D eigenvalue weighted by atomic mass is 10.1. The highest BCUT2D eigenvalue weighted by Crippen LogP contribution is 2.41. The molecule has 6 heteroatoms. The summed E-state index contributed by atoms with van der Waals surface area (Å²) in [5.41, 5.74) is 0.782. The molecular formula is C18H18AlNO4. The summed E-state index contributed by atoms with van der Waals surface area (Å²) in [6, 6.07) is 11.5. The van der Waals surface area contributed by atoms with E-state index in [-0.39, 0.29) is 10.5 Å². The monoisotopic (exact) mass is 339 g/mol. The smallest absolute Gasteiger partial charge is 0.165 e. The Morgan fingerprint density at radius 2 is 1.79 bits per heavy atom. The first-order valence-electron chi connectivity index (χ1n) is 7.85. The molecule has 0 aliphatic carbocycles. The van der Waals surface area contributed by atoms with E-state index >= 15 is 0 Å². The number of hydrogen-bond donors (Lipinski definition) is 0. The van der Waals surface area contributed by atoms with Crippen molar-refractivity contribution in [1.29, 1.82) is 0 Å². The maximum atomic E-state index is 5.97. The van der Waals surface area contributed by atoms with Crippen molar-refractivity contribution in [2.45, 2.75) is 24.4 Å². The zero-order chi connectivity index (χ0) is 16.9. The van der Waals surface area contributed by atoms with Crippen LogP contribution in [-0.2, 0) is 0 Å². The second-order valence-corrected chi connectivity index (χ2v) is 7.27. The van der Waals surface area contributed by atoms with Crippen molar-refractivity contribution < 1.29 is 19.0 Å². The van der Waals surface area contributed by atoms with E-state index < -0.39 is 0 Å². The third kappa shape index (κ3) is 2.82. The van der Waals surface area contributed by atoms with Crippen LogP contribution in [0.1, 0.15) is 24.3 Å². The molecule has 2 radical (unpaired) electrons. The van der Waals surface area contributed by atoms with Crippen molar-refractivity contribution in [2.24, 2.45) is 0 Å². The highest BCUT2D eigenvalue weighted by Gasteiger charge is 2.28. The molecule has 0 N–H and O–H groups in total. The largest absolute Gasteiger partial charge is 0.486 e. The topological polar surface area (TPSA) is 40.2 Å². The molecule has 1 atom stereocenters. The SMILES string of the molecule is CN1Oc2cc(Oc3ccc4c(c3)OC(C)(C)CO4)ccc2[CH]1[Al]. The average Bonchev–Trinajstić information content (AvgIpc) is 2.80. The number of nitrogens with zero attached hydrogens (tertiary/aromatic N) is 1. The summed E-state index contributed by atoms with van der Waals surface area (Å²) in [7, 11) is 1.90. The van der Waals surface area contributed by atoms with Crippen molar-refractivity contribution in [3.05, 3.63) is 42.0 Å². The summed E-state index contributed by atoms with van der Waals surface area (Å²) in [5, 5.41) is 1.80. The lowest BCUT2D eigenvalue weighted by Gasteiger charge is -2.32. The number of hydrogen-bond acceptors (Lipinski definition) is 5. The molecule has 0 bridgehead atoms. The quantitative estimate of drug-likeness (QED) is 0.784. The third-order valence-corrected chi connectivity index (χ3v) is 4.83. The van der Waals surface area contributed by atoms with Gasteiger partial charge in [-0.05, 0) is 37.0 Å². The summed E-state index contributed by atoms with van der Waals surface area (Å²) in [6.07, 6.45) is 0. The van der Waals surface area contributed by atoms with E-state index in [2.05, 4.69) is 16.3 Å². The zero-order valence-electron chi connectivity index (χ0n) is 13.9. The fraction of sp³-hybridized carbons (Fsp3) is 0.333. The molecule has 0 aromatic heterocycles. The van der Waals surface area contributed by atoms with Gasteiger partial charge in [0.15, 0.2) is 33.5 Å². The van der Waals surface area contributed by atoms with Gasteiger partial charge in [0.25, 0.3) is 0 Å². The van der Waals surface area contributed by atoms with Gasteiger partial charge in [-0.1, -0.05) is 6.07 Å². The molecule has 0 spiro atoms. The highest BCUT2D eigenvalue weighted by molar-refractivity contribution is 6.12. The molecule has 5 nitrogen and oxygen atoms in total. The summed E-state index contributed by atoms with van der Waals surface area (Å²) in [6.45, 7) is 4.53. The van der Waals surface area contributed by atoms with Gasteiger partial charge in [0.05, 0.1) is 0 Å². The predicted octanol–water partition coefficient (Wildman–Crippen LogP) is 3.44. The Hall–Kier alpha value is -1.87. The summed E-state index contributed by atoms with van der Waals surface area (Å²) >= 11 is 2.76. The standard InChI is InChI=1S/C18H18NO4.Al/c1-18(2)11-20-15-7-6-14(9-17(15)22-18)21-13-5-4-12-10-19(3)23-16(12)8-13;/h4-10H,11H2,1-3H3;.